The molecule has 10 unspecified atom stereocenters. The summed E-state index contributed by atoms with van der Waals surface area (Å²) < 4.78 is 0. The molecule has 0 radical (unpaired) electrons. The first-order chi connectivity index (χ1) is 22.6. The molecule has 0 heteroatoms. The molecule has 0 heterocycles. The largest absolute Gasteiger partial charge is 0.0622 e. The van der Waals surface area contributed by atoms with E-state index in [1.807, 2.05) is 0 Å². The highest BCUT2D eigenvalue weighted by atomic mass is 14.6. The summed E-state index contributed by atoms with van der Waals surface area (Å²) in [6.07, 6.45) is 13.0. The lowest BCUT2D eigenvalue weighted by molar-refractivity contribution is 0.127. The van der Waals surface area contributed by atoms with Gasteiger partial charge in [-0.15, -0.1) is 0 Å². The minimum atomic E-state index is 0.185. The van der Waals surface area contributed by atoms with E-state index in [0.29, 0.717) is 0 Å². The summed E-state index contributed by atoms with van der Waals surface area (Å²) in [5.41, 5.74) is 10.3. The lowest BCUT2D eigenvalue weighted by Crippen LogP contribution is -2.31. The van der Waals surface area contributed by atoms with Gasteiger partial charge in [0, 0.05) is 0 Å². The van der Waals surface area contributed by atoms with Crippen molar-refractivity contribution < 1.29 is 0 Å². The van der Waals surface area contributed by atoms with Crippen LogP contribution in [-0.4, -0.2) is 0 Å². The Morgan fingerprint density at radius 3 is 1.02 bits per heavy atom. The number of benzene rings is 2. The van der Waals surface area contributed by atoms with Crippen molar-refractivity contribution in [2.75, 3.05) is 0 Å². The maximum absolute atomic E-state index is 2.67. The first-order valence-corrected chi connectivity index (χ1v) is 20.9. The van der Waals surface area contributed by atoms with Gasteiger partial charge < -0.3 is 0 Å². The van der Waals surface area contributed by atoms with E-state index in [0.717, 1.165) is 59.2 Å². The van der Waals surface area contributed by atoms with Gasteiger partial charge in [0.1, 0.15) is 0 Å². The van der Waals surface area contributed by atoms with Crippen LogP contribution in [-0.2, 0) is 21.7 Å². The molecular formula is C49H76. The number of fused-ring (bicyclic) bond motifs is 2. The van der Waals surface area contributed by atoms with E-state index in [1.54, 1.807) is 33.4 Å². The maximum Gasteiger partial charge on any atom is -0.0131 e. The summed E-state index contributed by atoms with van der Waals surface area (Å²) in [6, 6.07) is 15.6. The van der Waals surface area contributed by atoms with Gasteiger partial charge in [0.15, 0.2) is 0 Å². The molecule has 272 valence electrons. The highest BCUT2D eigenvalue weighted by Gasteiger charge is 2.51. The fourth-order valence-corrected chi connectivity index (χ4v) is 11.8. The second-order valence-electron chi connectivity index (χ2n) is 22.4. The Balaban J connectivity index is 1.25. The van der Waals surface area contributed by atoms with E-state index in [-0.39, 0.29) is 21.7 Å². The maximum atomic E-state index is 2.67. The van der Waals surface area contributed by atoms with Gasteiger partial charge in [0.25, 0.3) is 0 Å². The first kappa shape index (κ1) is 37.2. The fourth-order valence-electron chi connectivity index (χ4n) is 11.8. The standard InChI is InChI=1S/C49H76/c1-30-21-44-38(32-23-34(46(3,4)5)27-35(24-32)47(6,7)8)17-15-19-40(44)42(30)29-43-31(2)22-45-39(18-16-20-41(43)45)33-25-36(48(9,10)11)28-37(26-33)49(12,13)14/h23-28,30-31,38-45H,15-22,29H2,1-14H3. The van der Waals surface area contributed by atoms with Crippen LogP contribution in [0.2, 0.25) is 0 Å². The van der Waals surface area contributed by atoms with Gasteiger partial charge in [0.2, 0.25) is 0 Å². The normalized spacial score (nSPS) is 34.2. The zero-order valence-corrected chi connectivity index (χ0v) is 34.6. The van der Waals surface area contributed by atoms with Gasteiger partial charge >= 0.3 is 0 Å². The Morgan fingerprint density at radius 2 is 0.735 bits per heavy atom. The minimum Gasteiger partial charge on any atom is -0.0622 e. The van der Waals surface area contributed by atoms with Crippen molar-refractivity contribution in [2.24, 2.45) is 47.3 Å². The molecule has 2 aromatic carbocycles. The van der Waals surface area contributed by atoms with Crippen LogP contribution in [0.1, 0.15) is 200 Å². The zero-order valence-electron chi connectivity index (χ0n) is 34.6. The van der Waals surface area contributed by atoms with Gasteiger partial charge in [0.05, 0.1) is 0 Å². The third-order valence-corrected chi connectivity index (χ3v) is 14.9. The predicted octanol–water partition coefficient (Wildman–Crippen LogP) is 14.3. The van der Waals surface area contributed by atoms with Gasteiger partial charge in [-0.2, -0.15) is 0 Å². The molecule has 0 amide bonds. The topological polar surface area (TPSA) is 0 Å². The van der Waals surface area contributed by atoms with Crippen LogP contribution in [0, 0.1) is 47.3 Å². The molecular weight excluding hydrogens is 589 g/mol. The van der Waals surface area contributed by atoms with Crippen molar-refractivity contribution in [1.29, 1.82) is 0 Å². The van der Waals surface area contributed by atoms with Crippen LogP contribution in [0.15, 0.2) is 36.4 Å². The quantitative estimate of drug-likeness (QED) is 0.305. The van der Waals surface area contributed by atoms with Crippen molar-refractivity contribution in [3.8, 4) is 0 Å². The van der Waals surface area contributed by atoms with E-state index >= 15 is 0 Å². The van der Waals surface area contributed by atoms with Crippen LogP contribution >= 0.6 is 0 Å². The summed E-state index contributed by atoms with van der Waals surface area (Å²) in [5.74, 6) is 8.66. The van der Waals surface area contributed by atoms with E-state index in [9.17, 15) is 0 Å². The van der Waals surface area contributed by atoms with Crippen LogP contribution < -0.4 is 0 Å². The smallest absolute Gasteiger partial charge is 0.0131 e. The van der Waals surface area contributed by atoms with Gasteiger partial charge in [-0.25, -0.2) is 0 Å². The van der Waals surface area contributed by atoms with Crippen molar-refractivity contribution in [3.05, 3.63) is 69.8 Å². The summed E-state index contributed by atoms with van der Waals surface area (Å²) >= 11 is 0. The van der Waals surface area contributed by atoms with E-state index < -0.39 is 0 Å². The monoisotopic (exact) mass is 665 g/mol. The van der Waals surface area contributed by atoms with Crippen molar-refractivity contribution >= 4 is 0 Å². The molecule has 0 aliphatic heterocycles. The van der Waals surface area contributed by atoms with Crippen molar-refractivity contribution in [1.82, 2.24) is 0 Å². The lowest BCUT2D eigenvalue weighted by atomic mass is 9.64. The molecule has 0 nitrogen and oxygen atoms in total. The van der Waals surface area contributed by atoms with Crippen LogP contribution in [0.3, 0.4) is 0 Å². The number of rotatable bonds is 4. The second kappa shape index (κ2) is 13.1. The predicted molar refractivity (Wildman–Crippen MR) is 214 cm³/mol. The van der Waals surface area contributed by atoms with Crippen molar-refractivity contribution in [2.45, 2.75) is 188 Å². The molecule has 4 aliphatic carbocycles. The average Bonchev–Trinajstić information content (AvgIpc) is 3.49. The molecule has 49 heavy (non-hydrogen) atoms. The van der Waals surface area contributed by atoms with Gasteiger partial charge in [-0.3, -0.25) is 0 Å². The zero-order chi connectivity index (χ0) is 35.8. The first-order valence-electron chi connectivity index (χ1n) is 20.9. The summed E-state index contributed by atoms with van der Waals surface area (Å²) in [5, 5.41) is 0. The van der Waals surface area contributed by atoms with Crippen LogP contribution in [0.4, 0.5) is 0 Å². The number of hydrogen-bond donors (Lipinski definition) is 0. The Labute approximate surface area is 304 Å². The minimum absolute atomic E-state index is 0.185. The Kier molecular flexibility index (Phi) is 9.97. The van der Waals surface area contributed by atoms with Crippen LogP contribution in [0.5, 0.6) is 0 Å². The highest BCUT2D eigenvalue weighted by molar-refractivity contribution is 5.41. The molecule has 4 fully saturated rings. The summed E-state index contributed by atoms with van der Waals surface area (Å²) in [4.78, 5) is 0. The molecule has 0 aromatic heterocycles. The van der Waals surface area contributed by atoms with Gasteiger partial charge in [-0.05, 0) is 159 Å². The summed E-state index contributed by atoms with van der Waals surface area (Å²) in [7, 11) is 0. The molecule has 10 atom stereocenters. The molecule has 0 bridgehead atoms. The Morgan fingerprint density at radius 1 is 0.429 bits per heavy atom. The molecule has 0 spiro atoms. The van der Waals surface area contributed by atoms with Crippen molar-refractivity contribution in [3.63, 3.8) is 0 Å². The Hall–Kier alpha value is -1.56. The lowest BCUT2D eigenvalue weighted by Gasteiger charge is -2.41. The van der Waals surface area contributed by atoms with Crippen LogP contribution in [0.25, 0.3) is 0 Å². The molecule has 0 N–H and O–H groups in total. The number of hydrogen-bond acceptors (Lipinski definition) is 0. The second-order valence-corrected chi connectivity index (χ2v) is 22.4. The van der Waals surface area contributed by atoms with E-state index in [4.69, 9.17) is 0 Å². The fraction of sp³-hybridized carbons (Fsp3) is 0.755. The molecule has 4 saturated carbocycles. The van der Waals surface area contributed by atoms with Gasteiger partial charge in [-0.1, -0.05) is 146 Å². The Bertz CT molecular complexity index is 1280. The third kappa shape index (κ3) is 7.52. The molecule has 4 aliphatic rings. The molecule has 6 rings (SSSR count). The highest BCUT2D eigenvalue weighted by Crippen LogP contribution is 2.61. The molecule has 2 aromatic rings. The molecule has 0 saturated heterocycles. The average molecular weight is 665 g/mol. The summed E-state index contributed by atoms with van der Waals surface area (Å²) in [6.45, 7) is 34.2. The third-order valence-electron chi connectivity index (χ3n) is 14.9. The SMILES string of the molecule is CC1CC2C(c3cc(C(C)(C)C)cc(C(C)(C)C)c3)CCCC2C1CC1C(C)CC2C(c3cc(C(C)(C)C)cc(C(C)(C)C)c3)CCCC12. The van der Waals surface area contributed by atoms with E-state index in [1.165, 1.54) is 57.8 Å². The van der Waals surface area contributed by atoms with E-state index in [2.05, 4.69) is 133 Å².